The average molecular weight is 165 g/mol. The molecule has 0 amide bonds. The largest absolute Gasteiger partial charge is 0.353 e. The number of ketones is 1. The molecular formula is C9H11NO2. The van der Waals surface area contributed by atoms with Crippen LogP contribution in [-0.4, -0.2) is 10.9 Å². The summed E-state index contributed by atoms with van der Waals surface area (Å²) in [5.74, 6) is 0.549. The van der Waals surface area contributed by atoms with E-state index in [9.17, 15) is 4.79 Å². The molecule has 0 radical (unpaired) electrons. The van der Waals surface area contributed by atoms with Crippen molar-refractivity contribution in [3.8, 4) is 0 Å². The van der Waals surface area contributed by atoms with E-state index in [-0.39, 0.29) is 11.2 Å². The van der Waals surface area contributed by atoms with Crippen LogP contribution in [0.5, 0.6) is 0 Å². The quantitative estimate of drug-likeness (QED) is 0.589. The molecule has 1 aliphatic rings. The van der Waals surface area contributed by atoms with Crippen LogP contribution in [0.2, 0.25) is 0 Å². The standard InChI is InChI=1S/C9H11NO2/c1-9(2)4-3-6-5-10-12-7(6)8(9)11/h5H,3-4H2,1-2H3. The van der Waals surface area contributed by atoms with Crippen LogP contribution in [0, 0.1) is 5.41 Å². The number of fused-ring (bicyclic) bond motifs is 1. The monoisotopic (exact) mass is 165 g/mol. The highest BCUT2D eigenvalue weighted by molar-refractivity contribution is 5.99. The van der Waals surface area contributed by atoms with E-state index in [1.807, 2.05) is 13.8 Å². The van der Waals surface area contributed by atoms with Crippen molar-refractivity contribution in [1.29, 1.82) is 0 Å². The van der Waals surface area contributed by atoms with Gasteiger partial charge in [0, 0.05) is 11.0 Å². The van der Waals surface area contributed by atoms with Crippen molar-refractivity contribution < 1.29 is 9.32 Å². The fourth-order valence-corrected chi connectivity index (χ4v) is 1.49. The molecule has 0 aliphatic heterocycles. The molecule has 1 heterocycles. The van der Waals surface area contributed by atoms with Crippen LogP contribution in [0.3, 0.4) is 0 Å². The summed E-state index contributed by atoms with van der Waals surface area (Å²) < 4.78 is 4.90. The molecule has 0 bridgehead atoms. The molecule has 0 atom stereocenters. The zero-order valence-electron chi connectivity index (χ0n) is 7.26. The smallest absolute Gasteiger partial charge is 0.206 e. The highest BCUT2D eigenvalue weighted by Crippen LogP contribution is 2.34. The van der Waals surface area contributed by atoms with Crippen molar-refractivity contribution in [2.45, 2.75) is 26.7 Å². The van der Waals surface area contributed by atoms with Crippen molar-refractivity contribution in [1.82, 2.24) is 5.16 Å². The molecule has 0 spiro atoms. The molecule has 64 valence electrons. The van der Waals surface area contributed by atoms with E-state index < -0.39 is 0 Å². The molecule has 0 unspecified atom stereocenters. The minimum absolute atomic E-state index is 0.0845. The van der Waals surface area contributed by atoms with Crippen molar-refractivity contribution in [3.05, 3.63) is 17.5 Å². The summed E-state index contributed by atoms with van der Waals surface area (Å²) in [6, 6.07) is 0. The maximum absolute atomic E-state index is 11.7. The highest BCUT2D eigenvalue weighted by atomic mass is 16.5. The third kappa shape index (κ3) is 0.891. The summed E-state index contributed by atoms with van der Waals surface area (Å²) in [6.07, 6.45) is 3.43. The Hall–Kier alpha value is -1.12. The van der Waals surface area contributed by atoms with Crippen LogP contribution < -0.4 is 0 Å². The second-order valence-corrected chi connectivity index (χ2v) is 3.89. The summed E-state index contributed by atoms with van der Waals surface area (Å²) >= 11 is 0. The molecule has 0 saturated heterocycles. The van der Waals surface area contributed by atoms with Gasteiger partial charge in [0.05, 0.1) is 6.20 Å². The van der Waals surface area contributed by atoms with Gasteiger partial charge in [0.2, 0.25) is 11.5 Å². The Kier molecular flexibility index (Phi) is 1.37. The van der Waals surface area contributed by atoms with E-state index in [2.05, 4.69) is 5.16 Å². The number of rotatable bonds is 0. The number of Topliss-reactive ketones (excluding diaryl/α,β-unsaturated/α-hetero) is 1. The number of nitrogens with zero attached hydrogens (tertiary/aromatic N) is 1. The fourth-order valence-electron chi connectivity index (χ4n) is 1.49. The zero-order valence-corrected chi connectivity index (χ0v) is 7.26. The highest BCUT2D eigenvalue weighted by Gasteiger charge is 2.37. The van der Waals surface area contributed by atoms with Gasteiger partial charge in [-0.1, -0.05) is 19.0 Å². The first-order valence-corrected chi connectivity index (χ1v) is 4.09. The molecule has 2 rings (SSSR count). The molecule has 0 fully saturated rings. The molecule has 1 aliphatic carbocycles. The molecule has 0 aromatic carbocycles. The van der Waals surface area contributed by atoms with E-state index in [4.69, 9.17) is 4.52 Å². The third-order valence-corrected chi connectivity index (χ3v) is 2.48. The van der Waals surface area contributed by atoms with Crippen LogP contribution in [0.25, 0.3) is 0 Å². The van der Waals surface area contributed by atoms with Gasteiger partial charge < -0.3 is 4.52 Å². The molecule has 0 saturated carbocycles. The van der Waals surface area contributed by atoms with Crippen LogP contribution in [-0.2, 0) is 6.42 Å². The van der Waals surface area contributed by atoms with Gasteiger partial charge in [-0.15, -0.1) is 0 Å². The number of aromatic nitrogens is 1. The Balaban J connectivity index is 2.49. The molecular weight excluding hydrogens is 154 g/mol. The maximum Gasteiger partial charge on any atom is 0.206 e. The van der Waals surface area contributed by atoms with E-state index in [0.29, 0.717) is 5.76 Å². The van der Waals surface area contributed by atoms with Gasteiger partial charge in [0.25, 0.3) is 0 Å². The molecule has 12 heavy (non-hydrogen) atoms. The predicted octanol–water partition coefficient (Wildman–Crippen LogP) is 1.83. The fraction of sp³-hybridized carbons (Fsp3) is 0.556. The Labute approximate surface area is 70.7 Å². The summed E-state index contributed by atoms with van der Waals surface area (Å²) in [5, 5.41) is 3.62. The third-order valence-electron chi connectivity index (χ3n) is 2.48. The lowest BCUT2D eigenvalue weighted by Crippen LogP contribution is -2.29. The van der Waals surface area contributed by atoms with Crippen LogP contribution in [0.4, 0.5) is 0 Å². The van der Waals surface area contributed by atoms with E-state index >= 15 is 0 Å². The lowest BCUT2D eigenvalue weighted by atomic mass is 9.76. The van der Waals surface area contributed by atoms with Crippen molar-refractivity contribution in [3.63, 3.8) is 0 Å². The maximum atomic E-state index is 11.7. The summed E-state index contributed by atoms with van der Waals surface area (Å²) in [7, 11) is 0. The Morgan fingerprint density at radius 1 is 1.58 bits per heavy atom. The summed E-state index contributed by atoms with van der Waals surface area (Å²) in [6.45, 7) is 3.89. The Morgan fingerprint density at radius 3 is 3.08 bits per heavy atom. The number of carbonyl (C=O) groups excluding carboxylic acids is 1. The molecule has 0 N–H and O–H groups in total. The van der Waals surface area contributed by atoms with Crippen molar-refractivity contribution in [2.75, 3.05) is 0 Å². The first-order valence-electron chi connectivity index (χ1n) is 4.09. The molecule has 1 aromatic heterocycles. The normalized spacial score (nSPS) is 20.7. The van der Waals surface area contributed by atoms with Crippen LogP contribution in [0.15, 0.2) is 10.7 Å². The van der Waals surface area contributed by atoms with Crippen LogP contribution in [0.1, 0.15) is 36.4 Å². The van der Waals surface area contributed by atoms with Crippen LogP contribution >= 0.6 is 0 Å². The number of aryl methyl sites for hydroxylation is 1. The van der Waals surface area contributed by atoms with Gasteiger partial charge in [-0.05, 0) is 12.8 Å². The summed E-state index contributed by atoms with van der Waals surface area (Å²) in [4.78, 5) is 11.7. The van der Waals surface area contributed by atoms with Gasteiger partial charge in [0.1, 0.15) is 0 Å². The second-order valence-electron chi connectivity index (χ2n) is 3.89. The minimum Gasteiger partial charge on any atom is -0.353 e. The molecule has 3 nitrogen and oxygen atoms in total. The molecule has 3 heteroatoms. The lowest BCUT2D eigenvalue weighted by Gasteiger charge is -2.25. The Morgan fingerprint density at radius 2 is 2.33 bits per heavy atom. The zero-order chi connectivity index (χ0) is 8.77. The first kappa shape index (κ1) is 7.53. The lowest BCUT2D eigenvalue weighted by molar-refractivity contribution is 0.0768. The predicted molar refractivity (Wildman–Crippen MR) is 42.9 cm³/mol. The van der Waals surface area contributed by atoms with Crippen molar-refractivity contribution >= 4 is 5.78 Å². The second kappa shape index (κ2) is 2.19. The van der Waals surface area contributed by atoms with Gasteiger partial charge in [-0.3, -0.25) is 4.79 Å². The number of hydrogen-bond acceptors (Lipinski definition) is 3. The van der Waals surface area contributed by atoms with Gasteiger partial charge >= 0.3 is 0 Å². The van der Waals surface area contributed by atoms with Gasteiger partial charge in [-0.2, -0.15) is 0 Å². The minimum atomic E-state index is -0.271. The van der Waals surface area contributed by atoms with E-state index in [1.165, 1.54) is 0 Å². The SMILES string of the molecule is CC1(C)CCc2cnoc2C1=O. The van der Waals surface area contributed by atoms with E-state index in [1.54, 1.807) is 6.20 Å². The Bertz CT molecular complexity index is 325. The molecule has 1 aromatic rings. The average Bonchev–Trinajstić information content (AvgIpc) is 2.45. The van der Waals surface area contributed by atoms with Crippen molar-refractivity contribution in [2.24, 2.45) is 5.41 Å². The van der Waals surface area contributed by atoms with Gasteiger partial charge in [-0.25, -0.2) is 0 Å². The number of hydrogen-bond donors (Lipinski definition) is 0. The van der Waals surface area contributed by atoms with E-state index in [0.717, 1.165) is 18.4 Å². The van der Waals surface area contributed by atoms with Gasteiger partial charge in [0.15, 0.2) is 0 Å². The topological polar surface area (TPSA) is 43.1 Å². The number of carbonyl (C=O) groups is 1. The summed E-state index contributed by atoms with van der Waals surface area (Å²) in [5.41, 5.74) is 0.686. The first-order chi connectivity index (χ1) is 5.61.